The average Bonchev–Trinajstić information content (AvgIpc) is 3.59. The van der Waals surface area contributed by atoms with Crippen molar-refractivity contribution >= 4 is 57.8 Å². The molecule has 3 aromatic rings. The number of aliphatic hydroxyl groups is 1. The number of rotatable bonds is 17. The molecule has 1 heterocycles. The number of alkyl carbamates (subject to hydrolysis) is 1. The van der Waals surface area contributed by atoms with Gasteiger partial charge in [-0.25, -0.2) is 4.79 Å². The lowest BCUT2D eigenvalue weighted by Crippen LogP contribution is -2.55. The van der Waals surface area contributed by atoms with Gasteiger partial charge in [0, 0.05) is 36.0 Å². The summed E-state index contributed by atoms with van der Waals surface area (Å²) in [5, 5.41) is 18.7. The van der Waals surface area contributed by atoms with Crippen LogP contribution in [0.25, 0.3) is 10.8 Å². The number of fused-ring (bicyclic) bond motifs is 1. The van der Waals surface area contributed by atoms with Crippen LogP contribution >= 0.6 is 11.6 Å². The highest BCUT2D eigenvalue weighted by atomic mass is 35.5. The van der Waals surface area contributed by atoms with Crippen molar-refractivity contribution in [3.63, 3.8) is 0 Å². The molecule has 0 fully saturated rings. The molecule has 1 unspecified atom stereocenters. The molecule has 15 heteroatoms. The number of carbonyl (C=O) groups excluding carboxylic acids is 5. The Morgan fingerprint density at radius 2 is 1.61 bits per heavy atom. The molecule has 0 spiro atoms. The van der Waals surface area contributed by atoms with Crippen molar-refractivity contribution in [2.75, 3.05) is 17.4 Å². The molecule has 0 aromatic heterocycles. The summed E-state index contributed by atoms with van der Waals surface area (Å²) in [7, 11) is 0. The minimum atomic E-state index is -1.36. The Bertz CT molecular complexity index is 1790. The first-order chi connectivity index (χ1) is 25.9. The molecular weight excluding hydrogens is 714 g/mol. The monoisotopic (exact) mass is 763 g/mol. The van der Waals surface area contributed by atoms with Gasteiger partial charge in [-0.1, -0.05) is 87.0 Å². The fourth-order valence-electron chi connectivity index (χ4n) is 6.03. The van der Waals surface area contributed by atoms with Crippen LogP contribution in [0.5, 0.6) is 0 Å². The van der Waals surface area contributed by atoms with E-state index in [1.165, 1.54) is 4.90 Å². The maximum atomic E-state index is 14.2. The molecule has 7 N–H and O–H groups in total. The van der Waals surface area contributed by atoms with Crippen LogP contribution in [0.15, 0.2) is 84.7 Å². The lowest BCUT2D eigenvalue weighted by molar-refractivity contribution is -0.131. The zero-order valence-corrected chi connectivity index (χ0v) is 31.6. The highest BCUT2D eigenvalue weighted by Gasteiger charge is 2.35. The van der Waals surface area contributed by atoms with E-state index < -0.39 is 54.5 Å². The molecular formula is C39H50ClN7O7. The van der Waals surface area contributed by atoms with E-state index >= 15 is 0 Å². The van der Waals surface area contributed by atoms with Crippen molar-refractivity contribution in [3.05, 3.63) is 90.3 Å². The number of alkyl halides is 1. The van der Waals surface area contributed by atoms with Crippen LogP contribution in [0.3, 0.4) is 0 Å². The molecule has 3 aromatic carbocycles. The molecule has 290 valence electrons. The fourth-order valence-corrected chi connectivity index (χ4v) is 6.16. The third-order valence-corrected chi connectivity index (χ3v) is 9.43. The summed E-state index contributed by atoms with van der Waals surface area (Å²) >= 11 is 5.63. The van der Waals surface area contributed by atoms with Crippen LogP contribution in [0, 0.1) is 5.92 Å². The Kier molecular flexibility index (Phi) is 15.6. The molecule has 0 saturated carbocycles. The minimum absolute atomic E-state index is 0.0474. The molecule has 1 aliphatic rings. The highest BCUT2D eigenvalue weighted by Crippen LogP contribution is 2.34. The maximum Gasteiger partial charge on any atom is 0.408 e. The Labute approximate surface area is 320 Å². The Morgan fingerprint density at radius 3 is 2.31 bits per heavy atom. The van der Waals surface area contributed by atoms with Crippen molar-refractivity contribution in [1.29, 1.82) is 0 Å². The fraction of sp³-hybridized carbons (Fsp3) is 0.410. The molecule has 1 aliphatic heterocycles. The number of ether oxygens (including phenoxy) is 1. The van der Waals surface area contributed by atoms with E-state index in [4.69, 9.17) is 22.1 Å². The smallest absolute Gasteiger partial charge is 0.408 e. The molecule has 0 saturated heterocycles. The summed E-state index contributed by atoms with van der Waals surface area (Å²) in [5.74, 6) is -2.10. The number of anilines is 1. The minimum Gasteiger partial charge on any atom is -0.445 e. The summed E-state index contributed by atoms with van der Waals surface area (Å²) in [6, 6.07) is 19.6. The van der Waals surface area contributed by atoms with Gasteiger partial charge in [0.1, 0.15) is 19.3 Å². The summed E-state index contributed by atoms with van der Waals surface area (Å²) in [5.41, 5.74) is 12.6. The first-order valence-electron chi connectivity index (χ1n) is 18.0. The summed E-state index contributed by atoms with van der Waals surface area (Å²) in [6.07, 6.45) is -0.0327. The van der Waals surface area contributed by atoms with Gasteiger partial charge in [-0.3, -0.25) is 34.9 Å². The quantitative estimate of drug-likeness (QED) is 0.0877. The lowest BCUT2D eigenvalue weighted by Gasteiger charge is -2.31. The van der Waals surface area contributed by atoms with E-state index in [9.17, 15) is 29.1 Å². The zero-order valence-electron chi connectivity index (χ0n) is 30.8. The van der Waals surface area contributed by atoms with Gasteiger partial charge in [-0.2, -0.15) is 0 Å². The van der Waals surface area contributed by atoms with E-state index in [2.05, 4.69) is 21.5 Å². The molecule has 0 bridgehead atoms. The maximum absolute atomic E-state index is 14.2. The molecule has 14 nitrogen and oxygen atoms in total. The number of amides is 5. The van der Waals surface area contributed by atoms with Crippen molar-refractivity contribution in [2.45, 2.75) is 83.7 Å². The van der Waals surface area contributed by atoms with Gasteiger partial charge >= 0.3 is 6.09 Å². The number of benzene rings is 3. The summed E-state index contributed by atoms with van der Waals surface area (Å²) in [6.45, 7) is 5.35. The van der Waals surface area contributed by atoms with Crippen LogP contribution in [0.4, 0.5) is 10.5 Å². The van der Waals surface area contributed by atoms with E-state index in [-0.39, 0.29) is 37.9 Å². The Hall–Kier alpha value is -5.18. The van der Waals surface area contributed by atoms with E-state index in [0.29, 0.717) is 24.4 Å². The van der Waals surface area contributed by atoms with Crippen LogP contribution in [-0.4, -0.2) is 76.5 Å². The number of halogens is 1. The van der Waals surface area contributed by atoms with E-state index in [0.717, 1.165) is 22.0 Å². The normalized spacial score (nSPS) is 15.3. The van der Waals surface area contributed by atoms with Crippen LogP contribution in [0.2, 0.25) is 0 Å². The van der Waals surface area contributed by atoms with E-state index in [1.54, 1.807) is 25.3 Å². The van der Waals surface area contributed by atoms with Crippen LogP contribution in [0.1, 0.15) is 58.4 Å². The molecule has 0 radical (unpaired) electrons. The lowest BCUT2D eigenvalue weighted by atomic mass is 9.92. The SMILES string of the molecule is CCC(C)[C@H](NC(=O)[C@H](CC1=CN(C(=O)[C@H](C)N)CN1c1cccc2ccccc12)NC(=O)OCc1ccccc1)[C@@H](O)CC(=O)NNC(=O)CCCCl. The van der Waals surface area contributed by atoms with E-state index in [1.807, 2.05) is 79.4 Å². The van der Waals surface area contributed by atoms with Crippen molar-refractivity contribution in [1.82, 2.24) is 26.4 Å². The first-order valence-corrected chi connectivity index (χ1v) is 18.6. The molecule has 54 heavy (non-hydrogen) atoms. The topological polar surface area (TPSA) is 195 Å². The van der Waals surface area contributed by atoms with Crippen LogP contribution < -0.4 is 32.1 Å². The summed E-state index contributed by atoms with van der Waals surface area (Å²) in [4.78, 5) is 68.7. The van der Waals surface area contributed by atoms with Gasteiger partial charge in [-0.05, 0) is 36.3 Å². The van der Waals surface area contributed by atoms with Crippen LogP contribution in [-0.2, 0) is 30.5 Å². The van der Waals surface area contributed by atoms with Crippen molar-refractivity contribution < 1.29 is 33.8 Å². The van der Waals surface area contributed by atoms with Gasteiger partial charge in [0.05, 0.1) is 30.3 Å². The molecule has 5 amide bonds. The van der Waals surface area contributed by atoms with Crippen molar-refractivity contribution in [2.24, 2.45) is 11.7 Å². The van der Waals surface area contributed by atoms with Gasteiger partial charge in [0.15, 0.2) is 0 Å². The molecule has 0 aliphatic carbocycles. The number of nitrogens with two attached hydrogens (primary N) is 1. The number of carbonyl (C=O) groups is 5. The second-order valence-corrected chi connectivity index (χ2v) is 13.7. The third kappa shape index (κ3) is 11.7. The second kappa shape index (κ2) is 20.3. The molecule has 5 atom stereocenters. The second-order valence-electron chi connectivity index (χ2n) is 13.3. The Balaban J connectivity index is 1.61. The number of aliphatic hydroxyl groups excluding tert-OH is 1. The predicted molar refractivity (Wildman–Crippen MR) is 206 cm³/mol. The predicted octanol–water partition coefficient (Wildman–Crippen LogP) is 3.77. The average molecular weight is 764 g/mol. The van der Waals surface area contributed by atoms with Gasteiger partial charge < -0.3 is 31.1 Å². The van der Waals surface area contributed by atoms with Crippen molar-refractivity contribution in [3.8, 4) is 0 Å². The number of nitrogens with one attached hydrogen (secondary N) is 4. The third-order valence-electron chi connectivity index (χ3n) is 9.16. The number of hydrogen-bond acceptors (Lipinski definition) is 9. The number of nitrogens with zero attached hydrogens (tertiary/aromatic N) is 2. The van der Waals surface area contributed by atoms with Gasteiger partial charge in [-0.15, -0.1) is 11.6 Å². The molecule has 4 rings (SSSR count). The van der Waals surface area contributed by atoms with Gasteiger partial charge in [0.2, 0.25) is 23.6 Å². The number of hydrogen-bond donors (Lipinski definition) is 6. The summed E-state index contributed by atoms with van der Waals surface area (Å²) < 4.78 is 5.49. The Morgan fingerprint density at radius 1 is 0.926 bits per heavy atom. The zero-order chi connectivity index (χ0) is 39.2. The van der Waals surface area contributed by atoms with Gasteiger partial charge in [0.25, 0.3) is 0 Å². The number of hydrazine groups is 1. The standard InChI is InChI=1S/C39H50ClN7O7/c1-4-25(2)36(33(48)21-35(50)45-44-34(49)18-11-19-40)43-37(51)31(42-39(53)54-23-27-12-6-5-7-13-27)20-29-22-46(38(52)26(3)41)24-47(29)32-17-10-15-28-14-8-9-16-30(28)32/h5-10,12-17,22,25-26,31,33,36,48H,4,11,18-21,23-24,41H2,1-3H3,(H,42,53)(H,43,51)(H,44,49)(H,45,50)/t25?,26-,31-,33-,36-/m0/s1. The first kappa shape index (κ1) is 41.6. The largest absolute Gasteiger partial charge is 0.445 e. The highest BCUT2D eigenvalue weighted by molar-refractivity contribution is 6.17.